The van der Waals surface area contributed by atoms with Gasteiger partial charge in [0, 0.05) is 30.3 Å². The monoisotopic (exact) mass is 294 g/mol. The zero-order valence-electron chi connectivity index (χ0n) is 12.0. The number of hydrogen-bond donors (Lipinski definition) is 4. The smallest absolute Gasteiger partial charge is 0.326 e. The van der Waals surface area contributed by atoms with E-state index in [0.717, 1.165) is 32.1 Å². The Morgan fingerprint density at radius 1 is 1.43 bits per heavy atom. The Morgan fingerprint density at radius 3 is 2.71 bits per heavy atom. The fourth-order valence-corrected chi connectivity index (χ4v) is 2.81. The zero-order chi connectivity index (χ0) is 15.3. The standard InChI is InChI=1S/C14H22N4O3/c15-14(4-2-1-3-5-14)7-12(19)18-11(13(20)21)6-10-8-16-9-17-10/h8-9,11H,1-7,15H2,(H,16,17)(H,18,19)(H,20,21)/t11-/m0/s1. The number of nitrogens with one attached hydrogen (secondary N) is 2. The minimum absolute atomic E-state index is 0.179. The molecule has 116 valence electrons. The van der Waals surface area contributed by atoms with Crippen LogP contribution in [0.5, 0.6) is 0 Å². The van der Waals surface area contributed by atoms with Crippen LogP contribution in [0.3, 0.4) is 0 Å². The number of nitrogens with zero attached hydrogens (tertiary/aromatic N) is 1. The first-order chi connectivity index (χ1) is 9.98. The summed E-state index contributed by atoms with van der Waals surface area (Å²) < 4.78 is 0. The second-order valence-corrected chi connectivity index (χ2v) is 5.84. The molecule has 0 radical (unpaired) electrons. The number of aliphatic carboxylic acids is 1. The second-order valence-electron chi connectivity index (χ2n) is 5.84. The third kappa shape index (κ3) is 4.56. The van der Waals surface area contributed by atoms with Gasteiger partial charge in [-0.1, -0.05) is 19.3 Å². The summed E-state index contributed by atoms with van der Waals surface area (Å²) in [5.74, 6) is -1.36. The summed E-state index contributed by atoms with van der Waals surface area (Å²) in [7, 11) is 0. The van der Waals surface area contributed by atoms with Crippen molar-refractivity contribution < 1.29 is 14.7 Å². The van der Waals surface area contributed by atoms with Gasteiger partial charge in [-0.3, -0.25) is 4.79 Å². The fourth-order valence-electron chi connectivity index (χ4n) is 2.81. The van der Waals surface area contributed by atoms with Crippen molar-refractivity contribution >= 4 is 11.9 Å². The molecule has 1 fully saturated rings. The van der Waals surface area contributed by atoms with Crippen molar-refractivity contribution in [1.29, 1.82) is 0 Å². The Kier molecular flexibility index (Phi) is 4.95. The number of carbonyl (C=O) groups is 2. The maximum Gasteiger partial charge on any atom is 0.326 e. The van der Waals surface area contributed by atoms with E-state index in [1.807, 2.05) is 0 Å². The van der Waals surface area contributed by atoms with Crippen molar-refractivity contribution in [2.75, 3.05) is 0 Å². The highest BCUT2D eigenvalue weighted by atomic mass is 16.4. The van der Waals surface area contributed by atoms with Gasteiger partial charge in [0.15, 0.2) is 0 Å². The maximum atomic E-state index is 12.1. The first-order valence-corrected chi connectivity index (χ1v) is 7.27. The van der Waals surface area contributed by atoms with E-state index < -0.39 is 17.6 Å². The van der Waals surface area contributed by atoms with Crippen molar-refractivity contribution in [2.45, 2.75) is 56.5 Å². The van der Waals surface area contributed by atoms with Gasteiger partial charge in [-0.15, -0.1) is 0 Å². The summed E-state index contributed by atoms with van der Waals surface area (Å²) in [5.41, 5.74) is 6.41. The van der Waals surface area contributed by atoms with Gasteiger partial charge in [0.05, 0.1) is 6.33 Å². The number of carboxylic acids is 1. The van der Waals surface area contributed by atoms with Crippen LogP contribution >= 0.6 is 0 Å². The summed E-state index contributed by atoms with van der Waals surface area (Å²) >= 11 is 0. The number of carbonyl (C=O) groups excluding carboxylic acids is 1. The Balaban J connectivity index is 1.90. The van der Waals surface area contributed by atoms with Gasteiger partial charge >= 0.3 is 5.97 Å². The number of rotatable bonds is 6. The van der Waals surface area contributed by atoms with Crippen molar-refractivity contribution in [3.8, 4) is 0 Å². The molecule has 0 spiro atoms. The number of nitrogens with two attached hydrogens (primary N) is 1. The average molecular weight is 294 g/mol. The van der Waals surface area contributed by atoms with Gasteiger partial charge in [-0.25, -0.2) is 9.78 Å². The molecule has 1 aromatic heterocycles. The zero-order valence-corrected chi connectivity index (χ0v) is 12.0. The molecular weight excluding hydrogens is 272 g/mol. The topological polar surface area (TPSA) is 121 Å². The molecule has 0 aromatic carbocycles. The van der Waals surface area contributed by atoms with Crippen LogP contribution in [-0.2, 0) is 16.0 Å². The van der Waals surface area contributed by atoms with Gasteiger partial charge in [0.1, 0.15) is 6.04 Å². The number of aromatic amines is 1. The molecule has 0 saturated heterocycles. The van der Waals surface area contributed by atoms with Crippen LogP contribution in [0.4, 0.5) is 0 Å². The van der Waals surface area contributed by atoms with Crippen molar-refractivity contribution in [3.63, 3.8) is 0 Å². The van der Waals surface area contributed by atoms with Gasteiger partial charge in [0.2, 0.25) is 5.91 Å². The van der Waals surface area contributed by atoms with Crippen LogP contribution in [0.2, 0.25) is 0 Å². The Morgan fingerprint density at radius 2 is 2.14 bits per heavy atom. The molecule has 1 atom stereocenters. The third-order valence-corrected chi connectivity index (χ3v) is 3.97. The van der Waals surface area contributed by atoms with Gasteiger partial charge in [-0.2, -0.15) is 0 Å². The highest BCUT2D eigenvalue weighted by Gasteiger charge is 2.31. The largest absolute Gasteiger partial charge is 0.480 e. The Bertz CT molecular complexity index is 480. The van der Waals surface area contributed by atoms with E-state index in [4.69, 9.17) is 5.73 Å². The van der Waals surface area contributed by atoms with Crippen LogP contribution in [-0.4, -0.2) is 38.5 Å². The van der Waals surface area contributed by atoms with Crippen LogP contribution < -0.4 is 11.1 Å². The predicted octanol–water partition coefficient (Wildman–Crippen LogP) is 0.573. The van der Waals surface area contributed by atoms with E-state index in [1.165, 1.54) is 6.33 Å². The van der Waals surface area contributed by atoms with Gasteiger partial charge in [-0.05, 0) is 12.8 Å². The summed E-state index contributed by atoms with van der Waals surface area (Å²) in [4.78, 5) is 30.0. The van der Waals surface area contributed by atoms with Gasteiger partial charge in [0.25, 0.3) is 0 Å². The summed E-state index contributed by atoms with van der Waals surface area (Å²) in [6, 6.07) is -0.967. The van der Waals surface area contributed by atoms with Crippen LogP contribution in [0.25, 0.3) is 0 Å². The molecule has 1 heterocycles. The maximum absolute atomic E-state index is 12.1. The highest BCUT2D eigenvalue weighted by molar-refractivity contribution is 5.84. The quantitative estimate of drug-likeness (QED) is 0.611. The molecule has 5 N–H and O–H groups in total. The molecule has 1 amide bonds. The molecule has 7 nitrogen and oxygen atoms in total. The predicted molar refractivity (Wildman–Crippen MR) is 76.5 cm³/mol. The Labute approximate surface area is 123 Å². The lowest BCUT2D eigenvalue weighted by molar-refractivity contribution is -0.142. The molecule has 0 aliphatic heterocycles. The van der Waals surface area contributed by atoms with E-state index >= 15 is 0 Å². The van der Waals surface area contributed by atoms with E-state index in [-0.39, 0.29) is 18.7 Å². The lowest BCUT2D eigenvalue weighted by atomic mass is 9.80. The fraction of sp³-hybridized carbons (Fsp3) is 0.643. The lowest BCUT2D eigenvalue weighted by Gasteiger charge is -2.33. The van der Waals surface area contributed by atoms with E-state index in [2.05, 4.69) is 15.3 Å². The number of aromatic nitrogens is 2. The number of carboxylic acid groups (broad SMARTS) is 1. The van der Waals surface area contributed by atoms with E-state index in [1.54, 1.807) is 6.20 Å². The van der Waals surface area contributed by atoms with Crippen molar-refractivity contribution in [2.24, 2.45) is 5.73 Å². The first kappa shape index (κ1) is 15.5. The molecular formula is C14H22N4O3. The minimum atomic E-state index is -1.06. The lowest BCUT2D eigenvalue weighted by Crippen LogP contribution is -2.49. The highest BCUT2D eigenvalue weighted by Crippen LogP contribution is 2.28. The van der Waals surface area contributed by atoms with E-state index in [9.17, 15) is 14.7 Å². The number of imidazole rings is 1. The Hall–Kier alpha value is -1.89. The van der Waals surface area contributed by atoms with Crippen LogP contribution in [0.15, 0.2) is 12.5 Å². The van der Waals surface area contributed by atoms with Crippen LogP contribution in [0.1, 0.15) is 44.2 Å². The SMILES string of the molecule is NC1(CC(=O)N[C@@H](Cc2cnc[nH]2)C(=O)O)CCCCC1. The molecule has 21 heavy (non-hydrogen) atoms. The summed E-state index contributed by atoms with van der Waals surface area (Å²) in [6.45, 7) is 0. The molecule has 1 aliphatic carbocycles. The second kappa shape index (κ2) is 6.71. The molecule has 2 rings (SSSR count). The number of H-pyrrole nitrogens is 1. The third-order valence-electron chi connectivity index (χ3n) is 3.97. The van der Waals surface area contributed by atoms with Crippen LogP contribution in [0, 0.1) is 0 Å². The van der Waals surface area contributed by atoms with E-state index in [0.29, 0.717) is 5.69 Å². The van der Waals surface area contributed by atoms with Crippen molar-refractivity contribution in [3.05, 3.63) is 18.2 Å². The van der Waals surface area contributed by atoms with Crippen molar-refractivity contribution in [1.82, 2.24) is 15.3 Å². The molecule has 0 unspecified atom stereocenters. The average Bonchev–Trinajstić information content (AvgIpc) is 2.91. The first-order valence-electron chi connectivity index (χ1n) is 7.27. The molecule has 1 aliphatic rings. The molecule has 1 aromatic rings. The number of hydrogen-bond acceptors (Lipinski definition) is 4. The summed E-state index contributed by atoms with van der Waals surface area (Å²) in [5, 5.41) is 11.8. The normalized spacial score (nSPS) is 18.9. The molecule has 0 bridgehead atoms. The number of amides is 1. The molecule has 1 saturated carbocycles. The molecule has 7 heteroatoms. The summed E-state index contributed by atoms with van der Waals surface area (Å²) in [6.07, 6.45) is 8.23. The van der Waals surface area contributed by atoms with Gasteiger partial charge < -0.3 is 21.1 Å². The minimum Gasteiger partial charge on any atom is -0.480 e.